The zero-order valence-electron chi connectivity index (χ0n) is 11.9. The van der Waals surface area contributed by atoms with Crippen LogP contribution >= 0.6 is 15.9 Å². The van der Waals surface area contributed by atoms with E-state index in [0.29, 0.717) is 6.42 Å². The predicted molar refractivity (Wildman–Crippen MR) is 81.7 cm³/mol. The van der Waals surface area contributed by atoms with E-state index in [9.17, 15) is 9.59 Å². The fraction of sp³-hybridized carbons (Fsp3) is 0.467. The largest absolute Gasteiger partial charge is 0.327 e. The fourth-order valence-electron chi connectivity index (χ4n) is 2.53. The number of carbonyl (C=O) groups is 2. The molecule has 0 N–H and O–H groups in total. The number of imide groups is 1. The molecule has 5 heteroatoms. The lowest BCUT2D eigenvalue weighted by Gasteiger charge is -2.25. The summed E-state index contributed by atoms with van der Waals surface area (Å²) >= 11 is 3.36. The molecule has 0 aromatic heterocycles. The van der Waals surface area contributed by atoms with E-state index in [4.69, 9.17) is 0 Å². The molecule has 3 amide bonds. The third-order valence-electron chi connectivity index (χ3n) is 3.86. The van der Waals surface area contributed by atoms with Crippen LogP contribution in [-0.2, 0) is 4.79 Å². The van der Waals surface area contributed by atoms with Gasteiger partial charge in [0.15, 0.2) is 0 Å². The Morgan fingerprint density at radius 2 is 1.95 bits per heavy atom. The fourth-order valence-corrected chi connectivity index (χ4v) is 2.75. The summed E-state index contributed by atoms with van der Waals surface area (Å²) in [4.78, 5) is 27.6. The van der Waals surface area contributed by atoms with Crippen molar-refractivity contribution >= 4 is 27.9 Å². The summed E-state index contributed by atoms with van der Waals surface area (Å²) in [5.74, 6) is -0.164. The minimum atomic E-state index is -0.323. The minimum absolute atomic E-state index is 0.0367. The summed E-state index contributed by atoms with van der Waals surface area (Å²) < 4.78 is 0. The number of urea groups is 1. The highest BCUT2D eigenvalue weighted by atomic mass is 79.9. The summed E-state index contributed by atoms with van der Waals surface area (Å²) in [7, 11) is 1.74. The summed E-state index contributed by atoms with van der Waals surface area (Å²) in [6, 6.07) is 9.22. The van der Waals surface area contributed by atoms with Gasteiger partial charge in [0.25, 0.3) is 0 Å². The molecule has 0 radical (unpaired) electrons. The van der Waals surface area contributed by atoms with Crippen molar-refractivity contribution in [1.29, 1.82) is 0 Å². The van der Waals surface area contributed by atoms with Crippen molar-refractivity contribution in [2.24, 2.45) is 0 Å². The van der Waals surface area contributed by atoms with Crippen LogP contribution in [0.4, 0.5) is 4.79 Å². The van der Waals surface area contributed by atoms with E-state index in [1.54, 1.807) is 11.9 Å². The van der Waals surface area contributed by atoms with Gasteiger partial charge < -0.3 is 4.90 Å². The van der Waals surface area contributed by atoms with E-state index in [1.807, 2.05) is 44.2 Å². The first-order valence-electron chi connectivity index (χ1n) is 6.77. The van der Waals surface area contributed by atoms with Crippen LogP contribution in [0.3, 0.4) is 0 Å². The number of hydrogen-bond donors (Lipinski definition) is 0. The van der Waals surface area contributed by atoms with Gasteiger partial charge in [0.2, 0.25) is 5.91 Å². The van der Waals surface area contributed by atoms with E-state index in [-0.39, 0.29) is 28.8 Å². The molecule has 0 spiro atoms. The number of carbonyl (C=O) groups excluding carboxylic acids is 2. The maximum atomic E-state index is 12.5. The Morgan fingerprint density at radius 3 is 2.50 bits per heavy atom. The molecule has 1 aromatic carbocycles. The second-order valence-electron chi connectivity index (χ2n) is 5.07. The van der Waals surface area contributed by atoms with Gasteiger partial charge in [-0.25, -0.2) is 4.79 Å². The number of alkyl halides is 1. The lowest BCUT2D eigenvalue weighted by molar-refractivity contribution is -0.128. The Bertz CT molecular complexity index is 506. The average Bonchev–Trinajstić information content (AvgIpc) is 2.70. The number of hydrogen-bond acceptors (Lipinski definition) is 2. The van der Waals surface area contributed by atoms with Crippen LogP contribution in [0.15, 0.2) is 30.3 Å². The Morgan fingerprint density at radius 1 is 1.35 bits per heavy atom. The van der Waals surface area contributed by atoms with Crippen molar-refractivity contribution in [2.45, 2.75) is 37.2 Å². The quantitative estimate of drug-likeness (QED) is 0.794. The molecule has 3 atom stereocenters. The van der Waals surface area contributed by atoms with E-state index in [1.165, 1.54) is 4.90 Å². The summed E-state index contributed by atoms with van der Waals surface area (Å²) in [5.41, 5.74) is 0.988. The molecule has 0 bridgehead atoms. The molecule has 4 nitrogen and oxygen atoms in total. The lowest BCUT2D eigenvalue weighted by atomic mass is 10.00. The third kappa shape index (κ3) is 2.46. The van der Waals surface area contributed by atoms with Gasteiger partial charge in [-0.15, -0.1) is 0 Å². The van der Waals surface area contributed by atoms with Crippen molar-refractivity contribution in [3.8, 4) is 0 Å². The molecule has 1 fully saturated rings. The van der Waals surface area contributed by atoms with Crippen molar-refractivity contribution < 1.29 is 9.59 Å². The Kier molecular flexibility index (Phi) is 4.48. The molecule has 108 valence electrons. The van der Waals surface area contributed by atoms with Gasteiger partial charge in [-0.05, 0) is 18.9 Å². The first-order chi connectivity index (χ1) is 9.49. The first-order valence-corrected chi connectivity index (χ1v) is 7.69. The van der Waals surface area contributed by atoms with Gasteiger partial charge in [0.05, 0.1) is 16.9 Å². The van der Waals surface area contributed by atoms with Crippen LogP contribution in [0, 0.1) is 0 Å². The molecule has 0 unspecified atom stereocenters. The topological polar surface area (TPSA) is 40.6 Å². The second-order valence-corrected chi connectivity index (χ2v) is 6.18. The third-order valence-corrected chi connectivity index (χ3v) is 4.90. The molecule has 1 aliphatic heterocycles. The molecule has 1 heterocycles. The van der Waals surface area contributed by atoms with Gasteiger partial charge in [-0.3, -0.25) is 9.69 Å². The summed E-state index contributed by atoms with van der Waals surface area (Å²) in [6.45, 7) is 3.89. The lowest BCUT2D eigenvalue weighted by Crippen LogP contribution is -2.40. The monoisotopic (exact) mass is 338 g/mol. The molecule has 0 aliphatic carbocycles. The molecule has 1 aromatic rings. The highest BCUT2D eigenvalue weighted by molar-refractivity contribution is 9.10. The first kappa shape index (κ1) is 15.0. The standard InChI is InChI=1S/C15H19BrN2O2/c1-4-12(16)14(19)18-13(10(2)17(3)15(18)20)11-8-6-5-7-9-11/h5-10,12-13H,4H2,1-3H3/t10-,12+,13-/m0/s1. The average molecular weight is 339 g/mol. The van der Waals surface area contributed by atoms with Gasteiger partial charge >= 0.3 is 6.03 Å². The van der Waals surface area contributed by atoms with Crippen molar-refractivity contribution in [3.05, 3.63) is 35.9 Å². The van der Waals surface area contributed by atoms with Gasteiger partial charge in [-0.1, -0.05) is 53.2 Å². The van der Waals surface area contributed by atoms with Crippen molar-refractivity contribution in [2.75, 3.05) is 7.05 Å². The number of amides is 3. The van der Waals surface area contributed by atoms with Crippen LogP contribution < -0.4 is 0 Å². The Balaban J connectivity index is 2.40. The van der Waals surface area contributed by atoms with E-state index < -0.39 is 0 Å². The molecule has 20 heavy (non-hydrogen) atoms. The van der Waals surface area contributed by atoms with E-state index >= 15 is 0 Å². The van der Waals surface area contributed by atoms with Crippen LogP contribution in [0.25, 0.3) is 0 Å². The maximum absolute atomic E-state index is 12.5. The summed E-state index contributed by atoms with van der Waals surface area (Å²) in [6.07, 6.45) is 0.655. The Labute approximate surface area is 127 Å². The molecule has 0 saturated carbocycles. The highest BCUT2D eigenvalue weighted by Gasteiger charge is 2.46. The zero-order chi connectivity index (χ0) is 14.9. The van der Waals surface area contributed by atoms with Gasteiger partial charge in [0, 0.05) is 7.05 Å². The number of likely N-dealkylation sites (N-methyl/N-ethyl adjacent to an activating group) is 1. The molecule has 2 rings (SSSR count). The second kappa shape index (κ2) is 5.95. The zero-order valence-corrected chi connectivity index (χ0v) is 13.5. The predicted octanol–water partition coefficient (Wildman–Crippen LogP) is 3.18. The highest BCUT2D eigenvalue weighted by Crippen LogP contribution is 2.35. The van der Waals surface area contributed by atoms with Crippen LogP contribution in [0.5, 0.6) is 0 Å². The SMILES string of the molecule is CC[C@@H](Br)C(=O)N1C(=O)N(C)[C@@H](C)[C@H]1c1ccccc1. The normalized spacial score (nSPS) is 24.1. The smallest absolute Gasteiger partial charge is 0.322 e. The maximum Gasteiger partial charge on any atom is 0.327 e. The van der Waals surface area contributed by atoms with Gasteiger partial charge in [-0.2, -0.15) is 0 Å². The van der Waals surface area contributed by atoms with Crippen LogP contribution in [0.2, 0.25) is 0 Å². The van der Waals surface area contributed by atoms with Gasteiger partial charge in [0.1, 0.15) is 0 Å². The van der Waals surface area contributed by atoms with Crippen molar-refractivity contribution in [1.82, 2.24) is 9.80 Å². The number of nitrogens with zero attached hydrogens (tertiary/aromatic N) is 2. The number of rotatable bonds is 3. The Hall–Kier alpha value is -1.36. The number of benzene rings is 1. The molecular weight excluding hydrogens is 320 g/mol. The number of halogens is 1. The molecular formula is C15H19BrN2O2. The van der Waals surface area contributed by atoms with Crippen molar-refractivity contribution in [3.63, 3.8) is 0 Å². The van der Waals surface area contributed by atoms with Crippen LogP contribution in [0.1, 0.15) is 31.9 Å². The van der Waals surface area contributed by atoms with E-state index in [2.05, 4.69) is 15.9 Å². The minimum Gasteiger partial charge on any atom is -0.322 e. The molecule has 1 aliphatic rings. The summed E-state index contributed by atoms with van der Waals surface area (Å²) in [5, 5.41) is 0. The van der Waals surface area contributed by atoms with E-state index in [0.717, 1.165) is 5.56 Å². The molecule has 1 saturated heterocycles. The van der Waals surface area contributed by atoms with Crippen LogP contribution in [-0.4, -0.2) is 39.7 Å².